The third kappa shape index (κ3) is 16.2. The van der Waals surface area contributed by atoms with E-state index in [2.05, 4.69) is 23.8 Å². The average Bonchev–Trinajstić information content (AvgIpc) is 3.14. The molecule has 13 nitrogen and oxygen atoms in total. The average molecular weight is 786 g/mol. The van der Waals surface area contributed by atoms with Crippen LogP contribution in [0.2, 0.25) is 0 Å². The van der Waals surface area contributed by atoms with Crippen molar-refractivity contribution in [1.82, 2.24) is 35.1 Å². The monoisotopic (exact) mass is 786 g/mol. The zero-order chi connectivity index (χ0) is 42.9. The molecule has 56 heavy (non-hydrogen) atoms. The summed E-state index contributed by atoms with van der Waals surface area (Å²) in [4.78, 5) is 91.6. The molecule has 0 aromatic heterocycles. The van der Waals surface area contributed by atoms with E-state index in [0.29, 0.717) is 38.9 Å². The number of amides is 6. The van der Waals surface area contributed by atoms with Crippen LogP contribution in [0.4, 0.5) is 0 Å². The minimum atomic E-state index is -1.09. The summed E-state index contributed by atoms with van der Waals surface area (Å²) in [5.41, 5.74) is 0.739. The number of carbonyl (C=O) groups excluding carboxylic acids is 6. The fraction of sp³-hybridized carbons (Fsp3) is 0.721. The van der Waals surface area contributed by atoms with Crippen LogP contribution in [0.1, 0.15) is 99.8 Å². The molecule has 1 aliphatic heterocycles. The largest absolute Gasteiger partial charge is 0.346 e. The fourth-order valence-electron chi connectivity index (χ4n) is 6.84. The third-order valence-corrected chi connectivity index (χ3v) is 10.3. The molecule has 0 aromatic carbocycles. The molecule has 1 aliphatic rings. The molecule has 1 unspecified atom stereocenters. The number of nitrogens with one attached hydrogen (secondary N) is 2. The van der Waals surface area contributed by atoms with Gasteiger partial charge in [0.05, 0.1) is 12.5 Å². The summed E-state index contributed by atoms with van der Waals surface area (Å²) in [6.45, 7) is 22.9. The van der Waals surface area contributed by atoms with E-state index in [-0.39, 0.29) is 48.3 Å². The maximum Gasteiger partial charge on any atom is 0.245 e. The lowest BCUT2D eigenvalue weighted by Gasteiger charge is -2.36. The summed E-state index contributed by atoms with van der Waals surface area (Å²) in [5, 5.41) is 5.86. The molecule has 13 heteroatoms. The van der Waals surface area contributed by atoms with Gasteiger partial charge in [0.15, 0.2) is 0 Å². The molecule has 318 valence electrons. The van der Waals surface area contributed by atoms with Crippen LogP contribution in [0, 0.1) is 17.8 Å². The first kappa shape index (κ1) is 50.0. The van der Waals surface area contributed by atoms with Crippen LogP contribution in [-0.4, -0.2) is 145 Å². The van der Waals surface area contributed by atoms with Crippen LogP contribution in [-0.2, 0) is 28.8 Å². The van der Waals surface area contributed by atoms with Crippen molar-refractivity contribution in [2.45, 2.75) is 130 Å². The highest BCUT2D eigenvalue weighted by Crippen LogP contribution is 2.20. The number of nitrogens with zero attached hydrogens (tertiary/aromatic N) is 5. The molecular weight excluding hydrogens is 711 g/mol. The van der Waals surface area contributed by atoms with Gasteiger partial charge in [-0.3, -0.25) is 33.7 Å². The molecule has 1 saturated heterocycles. The maximum atomic E-state index is 14.5. The number of allylic oxidation sites excluding steroid dienone is 3. The number of piperidine rings is 1. The number of likely N-dealkylation sites (tertiary alicyclic amines) is 1. The Kier molecular flexibility index (Phi) is 22.0. The molecule has 0 bridgehead atoms. The van der Waals surface area contributed by atoms with Crippen molar-refractivity contribution >= 4 is 35.4 Å². The minimum Gasteiger partial charge on any atom is -0.346 e. The SMILES string of the molecule is C=C/C=C\C(=C)C[C@@H](C(=O)N(C)[C@@H](CC(C)C)C(=O)N[C@@H](CC(C)C)C(=O)N(C)[C@@H](CC(C)C)C(=O)NC(CC(=O)N(C)CC)C(=O)N1CCCCC1)N(C)C. The van der Waals surface area contributed by atoms with Gasteiger partial charge < -0.3 is 30.2 Å². The summed E-state index contributed by atoms with van der Waals surface area (Å²) in [6, 6.07) is -4.51. The van der Waals surface area contributed by atoms with E-state index in [0.717, 1.165) is 24.8 Å². The van der Waals surface area contributed by atoms with Crippen molar-refractivity contribution in [3.05, 3.63) is 37.0 Å². The zero-order valence-corrected chi connectivity index (χ0v) is 36.7. The van der Waals surface area contributed by atoms with E-state index < -0.39 is 47.9 Å². The van der Waals surface area contributed by atoms with Crippen molar-refractivity contribution in [3.63, 3.8) is 0 Å². The summed E-state index contributed by atoms with van der Waals surface area (Å²) in [7, 11) is 8.44. The van der Waals surface area contributed by atoms with Crippen molar-refractivity contribution in [2.75, 3.05) is 54.9 Å². The normalized spacial score (nSPS) is 16.0. The van der Waals surface area contributed by atoms with Crippen molar-refractivity contribution in [1.29, 1.82) is 0 Å². The lowest BCUT2D eigenvalue weighted by Crippen LogP contribution is -2.60. The van der Waals surface area contributed by atoms with E-state index in [4.69, 9.17) is 0 Å². The molecule has 1 heterocycles. The van der Waals surface area contributed by atoms with Crippen LogP contribution >= 0.6 is 0 Å². The molecule has 1 fully saturated rings. The van der Waals surface area contributed by atoms with Crippen molar-refractivity contribution < 1.29 is 28.8 Å². The van der Waals surface area contributed by atoms with Gasteiger partial charge >= 0.3 is 0 Å². The Morgan fingerprint density at radius 3 is 1.61 bits per heavy atom. The Bertz CT molecular complexity index is 1370. The van der Waals surface area contributed by atoms with Crippen LogP contribution in [0.3, 0.4) is 0 Å². The number of rotatable bonds is 23. The van der Waals surface area contributed by atoms with Gasteiger partial charge in [-0.25, -0.2) is 0 Å². The Morgan fingerprint density at radius 1 is 0.679 bits per heavy atom. The zero-order valence-electron chi connectivity index (χ0n) is 36.7. The molecule has 0 aliphatic carbocycles. The van der Waals surface area contributed by atoms with Crippen LogP contribution in [0.5, 0.6) is 0 Å². The van der Waals surface area contributed by atoms with Gasteiger partial charge in [-0.15, -0.1) is 0 Å². The summed E-state index contributed by atoms with van der Waals surface area (Å²) in [5.74, 6) is -2.23. The second kappa shape index (κ2) is 24.6. The number of hydrogen-bond donors (Lipinski definition) is 2. The Morgan fingerprint density at radius 2 is 1.16 bits per heavy atom. The molecule has 0 aromatic rings. The third-order valence-electron chi connectivity index (χ3n) is 10.3. The maximum absolute atomic E-state index is 14.5. The predicted octanol–water partition coefficient (Wildman–Crippen LogP) is 4.25. The molecule has 5 atom stereocenters. The van der Waals surface area contributed by atoms with Gasteiger partial charge in [0.1, 0.15) is 24.2 Å². The first-order chi connectivity index (χ1) is 26.2. The van der Waals surface area contributed by atoms with E-state index in [1.807, 2.05) is 62.6 Å². The lowest BCUT2D eigenvalue weighted by atomic mass is 9.96. The molecule has 0 saturated carbocycles. The Balaban J connectivity index is 3.47. The highest BCUT2D eigenvalue weighted by Gasteiger charge is 2.39. The highest BCUT2D eigenvalue weighted by molar-refractivity contribution is 5.97. The Labute approximate surface area is 338 Å². The topological polar surface area (TPSA) is 143 Å². The molecule has 6 amide bonds. The molecular formula is C43H75N7O6. The standard InChI is InChI=1S/C43H75N7O6/c1-15-17-21-32(9)27-37(46(10)11)43(56)49(14)36(26-31(7)8)40(53)44-33(24-29(3)4)41(54)48(13)35(25-30(5)6)39(52)45-34(28-38(51)47(12)16-2)42(55)50-22-19-18-20-23-50/h15,17,21,29-31,33-37H,1,9,16,18-20,22-28H2,2-8,10-14H3,(H,44,53)(H,45,52)/b21-17-/t33-,34?,35-,36-,37-/m0/s1. The number of likely N-dealkylation sites (N-methyl/N-ethyl adjacent to an activating group) is 3. The fourth-order valence-corrected chi connectivity index (χ4v) is 6.84. The first-order valence-electron chi connectivity index (χ1n) is 20.5. The van der Waals surface area contributed by atoms with Gasteiger partial charge in [-0.1, -0.05) is 78.5 Å². The predicted molar refractivity (Wildman–Crippen MR) is 224 cm³/mol. The first-order valence-corrected chi connectivity index (χ1v) is 20.5. The van der Waals surface area contributed by atoms with Crippen LogP contribution < -0.4 is 10.6 Å². The summed E-state index contributed by atoms with van der Waals surface area (Å²) >= 11 is 0. The van der Waals surface area contributed by atoms with Gasteiger partial charge in [0.2, 0.25) is 35.4 Å². The van der Waals surface area contributed by atoms with Crippen LogP contribution in [0.15, 0.2) is 37.0 Å². The Hall–Kier alpha value is -4.00. The number of carbonyl (C=O) groups is 6. The molecule has 2 N–H and O–H groups in total. The molecule has 0 radical (unpaired) electrons. The quantitative estimate of drug-likeness (QED) is 0.148. The second-order valence-corrected chi connectivity index (χ2v) is 16.9. The van der Waals surface area contributed by atoms with E-state index in [9.17, 15) is 28.8 Å². The summed E-state index contributed by atoms with van der Waals surface area (Å²) in [6.07, 6.45) is 9.03. The molecule has 0 spiro atoms. The second-order valence-electron chi connectivity index (χ2n) is 16.9. The van der Waals surface area contributed by atoms with Crippen molar-refractivity contribution in [3.8, 4) is 0 Å². The van der Waals surface area contributed by atoms with Gasteiger partial charge in [0, 0.05) is 40.8 Å². The van der Waals surface area contributed by atoms with Gasteiger partial charge in [-0.2, -0.15) is 0 Å². The van der Waals surface area contributed by atoms with Gasteiger partial charge in [-0.05, 0) is 83.7 Å². The summed E-state index contributed by atoms with van der Waals surface area (Å²) < 4.78 is 0. The van der Waals surface area contributed by atoms with Gasteiger partial charge in [0.25, 0.3) is 0 Å². The minimum absolute atomic E-state index is 0.00111. The van der Waals surface area contributed by atoms with E-state index in [1.54, 1.807) is 49.2 Å². The van der Waals surface area contributed by atoms with E-state index >= 15 is 0 Å². The lowest BCUT2D eigenvalue weighted by molar-refractivity contribution is -0.147. The van der Waals surface area contributed by atoms with Crippen LogP contribution in [0.25, 0.3) is 0 Å². The molecule has 1 rings (SSSR count). The highest BCUT2D eigenvalue weighted by atomic mass is 16.2. The smallest absolute Gasteiger partial charge is 0.245 e. The number of hydrogen-bond acceptors (Lipinski definition) is 7. The van der Waals surface area contributed by atoms with E-state index in [1.165, 1.54) is 14.7 Å². The van der Waals surface area contributed by atoms with Crippen molar-refractivity contribution in [2.24, 2.45) is 17.8 Å².